The number of carbonyl (C=O) groups is 2. The molecule has 1 unspecified atom stereocenters. The van der Waals surface area contributed by atoms with Gasteiger partial charge < -0.3 is 20.1 Å². The number of hydrogen-bond acceptors (Lipinski definition) is 5. The lowest BCUT2D eigenvalue weighted by Gasteiger charge is -2.15. The summed E-state index contributed by atoms with van der Waals surface area (Å²) in [5, 5.41) is 11.3. The molecule has 19 heavy (non-hydrogen) atoms. The van der Waals surface area contributed by atoms with Gasteiger partial charge in [-0.05, 0) is 12.1 Å². The lowest BCUT2D eigenvalue weighted by Crippen LogP contribution is -2.43. The van der Waals surface area contributed by atoms with E-state index in [1.165, 1.54) is 19.4 Å². The number of nitrogens with one attached hydrogen (secondary N) is 1. The van der Waals surface area contributed by atoms with E-state index in [9.17, 15) is 9.59 Å². The number of carbonyl (C=O) groups excluding carboxylic acids is 1. The number of carboxylic acid groups (broad SMARTS) is 1. The standard InChI is InChI=1S/C12H17N3O4/c1-15(2)10-6-8(4-5-13-10)11(16)14-9(7-19-3)12(17)18/h4-6,9H,7H2,1-3H3,(H,14,16)(H,17,18). The van der Waals surface area contributed by atoms with Gasteiger partial charge in [-0.1, -0.05) is 0 Å². The molecular formula is C12H17N3O4. The molecule has 0 saturated carbocycles. The molecule has 1 amide bonds. The fourth-order valence-electron chi connectivity index (χ4n) is 1.39. The van der Waals surface area contributed by atoms with E-state index in [2.05, 4.69) is 10.3 Å². The van der Waals surface area contributed by atoms with Crippen LogP contribution < -0.4 is 10.2 Å². The van der Waals surface area contributed by atoms with Crippen LogP contribution in [0.15, 0.2) is 18.3 Å². The number of amides is 1. The predicted molar refractivity (Wildman–Crippen MR) is 69.3 cm³/mol. The van der Waals surface area contributed by atoms with Crippen LogP contribution in [0.3, 0.4) is 0 Å². The first-order valence-corrected chi connectivity index (χ1v) is 5.61. The van der Waals surface area contributed by atoms with E-state index >= 15 is 0 Å². The van der Waals surface area contributed by atoms with Crippen LogP contribution >= 0.6 is 0 Å². The quantitative estimate of drug-likeness (QED) is 0.752. The van der Waals surface area contributed by atoms with E-state index in [0.29, 0.717) is 11.4 Å². The van der Waals surface area contributed by atoms with Crippen molar-refractivity contribution in [2.45, 2.75) is 6.04 Å². The van der Waals surface area contributed by atoms with Crippen LogP contribution in [0.2, 0.25) is 0 Å². The largest absolute Gasteiger partial charge is 0.480 e. The number of aliphatic carboxylic acids is 1. The third-order valence-electron chi connectivity index (χ3n) is 2.40. The monoisotopic (exact) mass is 267 g/mol. The fraction of sp³-hybridized carbons (Fsp3) is 0.417. The van der Waals surface area contributed by atoms with Crippen molar-refractivity contribution >= 4 is 17.7 Å². The third-order valence-corrected chi connectivity index (χ3v) is 2.40. The van der Waals surface area contributed by atoms with Gasteiger partial charge in [0, 0.05) is 33.0 Å². The number of pyridine rings is 1. The van der Waals surface area contributed by atoms with Gasteiger partial charge in [0.05, 0.1) is 6.61 Å². The topological polar surface area (TPSA) is 91.8 Å². The summed E-state index contributed by atoms with van der Waals surface area (Å²) in [4.78, 5) is 28.7. The van der Waals surface area contributed by atoms with Crippen LogP contribution in [-0.4, -0.2) is 55.8 Å². The van der Waals surface area contributed by atoms with E-state index in [1.54, 1.807) is 25.1 Å². The number of hydrogen-bond donors (Lipinski definition) is 2. The normalized spacial score (nSPS) is 11.7. The summed E-state index contributed by atoms with van der Waals surface area (Å²) in [7, 11) is 4.97. The third kappa shape index (κ3) is 4.22. The summed E-state index contributed by atoms with van der Waals surface area (Å²) >= 11 is 0. The minimum Gasteiger partial charge on any atom is -0.480 e. The SMILES string of the molecule is COCC(NC(=O)c1ccnc(N(C)C)c1)C(=O)O. The predicted octanol–water partition coefficient (Wildman–Crippen LogP) is -0.0230. The van der Waals surface area contributed by atoms with Gasteiger partial charge in [0.2, 0.25) is 0 Å². The highest BCUT2D eigenvalue weighted by atomic mass is 16.5. The average molecular weight is 267 g/mol. The van der Waals surface area contributed by atoms with Crippen LogP contribution in [-0.2, 0) is 9.53 Å². The molecule has 0 aliphatic carbocycles. The van der Waals surface area contributed by atoms with E-state index in [1.807, 2.05) is 0 Å². The average Bonchev–Trinajstić information content (AvgIpc) is 2.38. The summed E-state index contributed by atoms with van der Waals surface area (Å²) in [6.07, 6.45) is 1.50. The van der Waals surface area contributed by atoms with Crippen molar-refractivity contribution in [3.05, 3.63) is 23.9 Å². The lowest BCUT2D eigenvalue weighted by molar-refractivity contribution is -0.140. The van der Waals surface area contributed by atoms with Crippen molar-refractivity contribution in [2.75, 3.05) is 32.7 Å². The van der Waals surface area contributed by atoms with Gasteiger partial charge in [-0.15, -0.1) is 0 Å². The molecule has 1 aromatic heterocycles. The Balaban J connectivity index is 2.82. The Morgan fingerprint density at radius 3 is 2.74 bits per heavy atom. The molecule has 0 radical (unpaired) electrons. The summed E-state index contributed by atoms with van der Waals surface area (Å²) in [6.45, 7) is -0.0906. The molecular weight excluding hydrogens is 250 g/mol. The Bertz CT molecular complexity index is 462. The van der Waals surface area contributed by atoms with E-state index in [0.717, 1.165) is 0 Å². The van der Waals surface area contributed by atoms with Crippen LogP contribution in [0.1, 0.15) is 10.4 Å². The second-order valence-corrected chi connectivity index (χ2v) is 4.12. The maximum absolute atomic E-state index is 11.9. The van der Waals surface area contributed by atoms with Crippen LogP contribution in [0.4, 0.5) is 5.82 Å². The summed E-state index contributed by atoms with van der Waals surface area (Å²) in [5.74, 6) is -1.00. The Labute approximate surface area is 111 Å². The summed E-state index contributed by atoms with van der Waals surface area (Å²) < 4.78 is 4.75. The Morgan fingerprint density at radius 1 is 1.53 bits per heavy atom. The van der Waals surface area contributed by atoms with Crippen molar-refractivity contribution in [2.24, 2.45) is 0 Å². The molecule has 7 nitrogen and oxygen atoms in total. The molecule has 1 rings (SSSR count). The molecule has 1 heterocycles. The van der Waals surface area contributed by atoms with Crippen LogP contribution in [0.5, 0.6) is 0 Å². The number of carboxylic acids is 1. The van der Waals surface area contributed by atoms with E-state index < -0.39 is 17.9 Å². The molecule has 0 saturated heterocycles. The fourth-order valence-corrected chi connectivity index (χ4v) is 1.39. The van der Waals surface area contributed by atoms with Crippen molar-refractivity contribution in [3.8, 4) is 0 Å². The molecule has 0 spiro atoms. The zero-order valence-corrected chi connectivity index (χ0v) is 11.1. The highest BCUT2D eigenvalue weighted by Gasteiger charge is 2.20. The molecule has 1 aromatic rings. The highest BCUT2D eigenvalue weighted by molar-refractivity contribution is 5.97. The van der Waals surface area contributed by atoms with Crippen molar-refractivity contribution in [1.82, 2.24) is 10.3 Å². The summed E-state index contributed by atoms with van der Waals surface area (Å²) in [6, 6.07) is 2.03. The van der Waals surface area contributed by atoms with Crippen molar-refractivity contribution < 1.29 is 19.4 Å². The number of methoxy groups -OCH3 is 1. The van der Waals surface area contributed by atoms with Crippen LogP contribution in [0, 0.1) is 0 Å². The first-order chi connectivity index (χ1) is 8.95. The molecule has 0 aliphatic heterocycles. The molecule has 104 valence electrons. The zero-order chi connectivity index (χ0) is 14.4. The zero-order valence-electron chi connectivity index (χ0n) is 11.1. The maximum atomic E-state index is 11.9. The Hall–Kier alpha value is -2.15. The van der Waals surface area contributed by atoms with Gasteiger partial charge >= 0.3 is 5.97 Å². The number of anilines is 1. The molecule has 2 N–H and O–H groups in total. The molecule has 0 aromatic carbocycles. The number of aromatic nitrogens is 1. The van der Waals surface area contributed by atoms with Gasteiger partial charge in [-0.3, -0.25) is 4.79 Å². The molecule has 0 bridgehead atoms. The van der Waals surface area contributed by atoms with E-state index in [-0.39, 0.29) is 6.61 Å². The number of nitrogens with zero attached hydrogens (tertiary/aromatic N) is 2. The molecule has 7 heteroatoms. The molecule has 1 atom stereocenters. The highest BCUT2D eigenvalue weighted by Crippen LogP contribution is 2.09. The van der Waals surface area contributed by atoms with E-state index in [4.69, 9.17) is 9.84 Å². The minimum absolute atomic E-state index is 0.0906. The lowest BCUT2D eigenvalue weighted by atomic mass is 10.2. The first-order valence-electron chi connectivity index (χ1n) is 5.61. The number of rotatable bonds is 6. The van der Waals surface area contributed by atoms with Crippen molar-refractivity contribution in [1.29, 1.82) is 0 Å². The summed E-state index contributed by atoms with van der Waals surface area (Å²) in [5.41, 5.74) is 0.348. The van der Waals surface area contributed by atoms with Gasteiger partial charge in [0.25, 0.3) is 5.91 Å². The van der Waals surface area contributed by atoms with Gasteiger partial charge in [0.15, 0.2) is 6.04 Å². The number of ether oxygens (including phenoxy) is 1. The van der Waals surface area contributed by atoms with Gasteiger partial charge in [-0.25, -0.2) is 9.78 Å². The first kappa shape index (κ1) is 14.9. The second kappa shape index (κ2) is 6.69. The van der Waals surface area contributed by atoms with Crippen molar-refractivity contribution in [3.63, 3.8) is 0 Å². The second-order valence-electron chi connectivity index (χ2n) is 4.12. The Kier molecular flexibility index (Phi) is 5.25. The Morgan fingerprint density at radius 2 is 2.21 bits per heavy atom. The maximum Gasteiger partial charge on any atom is 0.328 e. The van der Waals surface area contributed by atoms with Gasteiger partial charge in [0.1, 0.15) is 5.82 Å². The van der Waals surface area contributed by atoms with Gasteiger partial charge in [-0.2, -0.15) is 0 Å². The smallest absolute Gasteiger partial charge is 0.328 e. The molecule has 0 fully saturated rings. The molecule has 0 aliphatic rings. The minimum atomic E-state index is -1.14. The van der Waals surface area contributed by atoms with Crippen LogP contribution in [0.25, 0.3) is 0 Å².